The van der Waals surface area contributed by atoms with Gasteiger partial charge in [0.15, 0.2) is 0 Å². The zero-order valence-corrected chi connectivity index (χ0v) is 14.4. The largest absolute Gasteiger partial charge is 0.481 e. The van der Waals surface area contributed by atoms with Gasteiger partial charge < -0.3 is 10.2 Å². The van der Waals surface area contributed by atoms with Crippen molar-refractivity contribution >= 4 is 53.8 Å². The summed E-state index contributed by atoms with van der Waals surface area (Å²) in [5, 5.41) is 17.5. The van der Waals surface area contributed by atoms with Crippen molar-refractivity contribution in [3.05, 3.63) is 27.1 Å². The monoisotopic (exact) mass is 443 g/mol. The summed E-state index contributed by atoms with van der Waals surface area (Å²) in [5.74, 6) is -2.64. The zero-order chi connectivity index (χ0) is 16.2. The van der Waals surface area contributed by atoms with Gasteiger partial charge in [-0.25, -0.2) is 8.42 Å². The zero-order valence-electron chi connectivity index (χ0n) is 10.4. The molecule has 7 nitrogen and oxygen atoms in total. The van der Waals surface area contributed by atoms with Crippen molar-refractivity contribution in [1.82, 2.24) is 4.72 Å². The molecular formula is C11H11Br2NO6S. The molecule has 0 aliphatic carbocycles. The summed E-state index contributed by atoms with van der Waals surface area (Å²) in [5.41, 5.74) is 0. The smallest absolute Gasteiger partial charge is 0.321 e. The van der Waals surface area contributed by atoms with Crippen molar-refractivity contribution < 1.29 is 28.2 Å². The molecule has 1 aromatic rings. The molecule has 3 N–H and O–H groups in total. The highest BCUT2D eigenvalue weighted by molar-refractivity contribution is 9.11. The van der Waals surface area contributed by atoms with Crippen LogP contribution in [0.25, 0.3) is 0 Å². The molecule has 0 aromatic heterocycles. The first-order valence-corrected chi connectivity index (χ1v) is 8.62. The normalized spacial score (nSPS) is 12.9. The van der Waals surface area contributed by atoms with E-state index in [-0.39, 0.29) is 15.8 Å². The summed E-state index contributed by atoms with van der Waals surface area (Å²) >= 11 is 6.20. The van der Waals surface area contributed by atoms with E-state index < -0.39 is 34.4 Å². The molecule has 0 radical (unpaired) electrons. The van der Waals surface area contributed by atoms with E-state index in [0.29, 0.717) is 4.47 Å². The molecule has 0 fully saturated rings. The fourth-order valence-electron chi connectivity index (χ4n) is 1.43. The number of aliphatic carboxylic acids is 2. The summed E-state index contributed by atoms with van der Waals surface area (Å²) in [4.78, 5) is 21.4. The van der Waals surface area contributed by atoms with Gasteiger partial charge in [0.2, 0.25) is 10.0 Å². The Bertz CT molecular complexity index is 661. The number of benzene rings is 1. The van der Waals surface area contributed by atoms with E-state index in [2.05, 4.69) is 31.9 Å². The van der Waals surface area contributed by atoms with Gasteiger partial charge in [0.25, 0.3) is 0 Å². The van der Waals surface area contributed by atoms with E-state index in [9.17, 15) is 18.0 Å². The summed E-state index contributed by atoms with van der Waals surface area (Å²) in [6, 6.07) is 2.90. The van der Waals surface area contributed by atoms with E-state index in [1.165, 1.54) is 12.1 Å². The minimum absolute atomic E-state index is 0.140. The maximum Gasteiger partial charge on any atom is 0.321 e. The fourth-order valence-corrected chi connectivity index (χ4v) is 4.16. The standard InChI is InChI=1S/C11H11Br2NO6S/c12-6-1-2-7(13)9(5-6)21(19,20)14-8(11(17)18)3-4-10(15)16/h1-2,5,8,14H,3-4H2,(H,15,16)(H,17,18)/t8-/m0/s1. The van der Waals surface area contributed by atoms with Crippen LogP contribution in [0.5, 0.6) is 0 Å². The third-order valence-corrected chi connectivity index (χ3v) is 5.38. The Morgan fingerprint density at radius 3 is 2.38 bits per heavy atom. The van der Waals surface area contributed by atoms with Crippen LogP contribution in [-0.4, -0.2) is 36.6 Å². The Hall–Kier alpha value is -0.970. The predicted molar refractivity (Wildman–Crippen MR) is 80.5 cm³/mol. The lowest BCUT2D eigenvalue weighted by molar-refractivity contribution is -0.140. The molecule has 0 aliphatic heterocycles. The third-order valence-electron chi connectivity index (χ3n) is 2.43. The van der Waals surface area contributed by atoms with E-state index in [0.717, 1.165) is 0 Å². The molecule has 0 heterocycles. The van der Waals surface area contributed by atoms with Gasteiger partial charge in [-0.2, -0.15) is 4.72 Å². The van der Waals surface area contributed by atoms with Gasteiger partial charge in [0, 0.05) is 15.4 Å². The number of hydrogen-bond acceptors (Lipinski definition) is 4. The van der Waals surface area contributed by atoms with Gasteiger partial charge in [0.1, 0.15) is 6.04 Å². The molecule has 0 bridgehead atoms. The van der Waals surface area contributed by atoms with Gasteiger partial charge in [-0.3, -0.25) is 9.59 Å². The van der Waals surface area contributed by atoms with Crippen molar-refractivity contribution in [1.29, 1.82) is 0 Å². The van der Waals surface area contributed by atoms with Gasteiger partial charge in [0.05, 0.1) is 4.90 Å². The predicted octanol–water partition coefficient (Wildman–Crippen LogP) is 1.81. The minimum atomic E-state index is -4.11. The number of carboxylic acids is 2. The molecule has 0 amide bonds. The lowest BCUT2D eigenvalue weighted by Gasteiger charge is -2.15. The number of halogens is 2. The average molecular weight is 445 g/mol. The molecule has 1 rings (SSSR count). The first-order valence-electron chi connectivity index (χ1n) is 5.55. The minimum Gasteiger partial charge on any atom is -0.481 e. The van der Waals surface area contributed by atoms with Crippen molar-refractivity contribution in [3.63, 3.8) is 0 Å². The Morgan fingerprint density at radius 1 is 1.24 bits per heavy atom. The van der Waals surface area contributed by atoms with E-state index in [4.69, 9.17) is 10.2 Å². The first kappa shape index (κ1) is 18.1. The number of hydrogen-bond donors (Lipinski definition) is 3. The van der Waals surface area contributed by atoms with Gasteiger partial charge in [-0.15, -0.1) is 0 Å². The van der Waals surface area contributed by atoms with Gasteiger partial charge in [-0.1, -0.05) is 15.9 Å². The molecule has 0 saturated heterocycles. The molecule has 0 spiro atoms. The summed E-state index contributed by atoms with van der Waals surface area (Å²) in [6.45, 7) is 0. The summed E-state index contributed by atoms with van der Waals surface area (Å²) in [7, 11) is -4.11. The number of carboxylic acid groups (broad SMARTS) is 2. The SMILES string of the molecule is O=C(O)CC[C@H](NS(=O)(=O)c1cc(Br)ccc1Br)C(=O)O. The van der Waals surface area contributed by atoms with Crippen molar-refractivity contribution in [2.45, 2.75) is 23.8 Å². The summed E-state index contributed by atoms with van der Waals surface area (Å²) in [6.07, 6.45) is -0.811. The van der Waals surface area contributed by atoms with Crippen molar-refractivity contribution in [2.24, 2.45) is 0 Å². The molecule has 0 unspecified atom stereocenters. The van der Waals surface area contributed by atoms with Gasteiger partial charge >= 0.3 is 11.9 Å². The topological polar surface area (TPSA) is 121 Å². The van der Waals surface area contributed by atoms with E-state index >= 15 is 0 Å². The van der Waals surface area contributed by atoms with Crippen LogP contribution in [0.4, 0.5) is 0 Å². The number of carbonyl (C=O) groups is 2. The maximum atomic E-state index is 12.2. The molecule has 1 atom stereocenters. The van der Waals surface area contributed by atoms with Crippen LogP contribution in [0.3, 0.4) is 0 Å². The second-order valence-corrected chi connectivity index (χ2v) is 7.47. The highest BCUT2D eigenvalue weighted by atomic mass is 79.9. The van der Waals surface area contributed by atoms with E-state index in [1.54, 1.807) is 6.07 Å². The van der Waals surface area contributed by atoms with Crippen LogP contribution in [0, 0.1) is 0 Å². The van der Waals surface area contributed by atoms with E-state index in [1.807, 2.05) is 4.72 Å². The molecule has 116 valence electrons. The molecule has 0 saturated carbocycles. The highest BCUT2D eigenvalue weighted by Gasteiger charge is 2.27. The van der Waals surface area contributed by atoms with Crippen LogP contribution in [0.1, 0.15) is 12.8 Å². The number of nitrogens with one attached hydrogen (secondary N) is 1. The second-order valence-electron chi connectivity index (χ2n) is 4.02. The highest BCUT2D eigenvalue weighted by Crippen LogP contribution is 2.25. The lowest BCUT2D eigenvalue weighted by atomic mass is 10.2. The maximum absolute atomic E-state index is 12.2. The lowest BCUT2D eigenvalue weighted by Crippen LogP contribution is -2.41. The molecule has 1 aromatic carbocycles. The third kappa shape index (κ3) is 5.38. The molecule has 10 heteroatoms. The number of rotatable bonds is 7. The van der Waals surface area contributed by atoms with Crippen molar-refractivity contribution in [3.8, 4) is 0 Å². The van der Waals surface area contributed by atoms with Crippen LogP contribution in [-0.2, 0) is 19.6 Å². The number of sulfonamides is 1. The second kappa shape index (κ2) is 7.34. The molecular weight excluding hydrogens is 434 g/mol. The Kier molecular flexibility index (Phi) is 6.32. The first-order chi connectivity index (χ1) is 9.63. The molecule has 21 heavy (non-hydrogen) atoms. The van der Waals surface area contributed by atoms with Crippen LogP contribution >= 0.6 is 31.9 Å². The van der Waals surface area contributed by atoms with Crippen molar-refractivity contribution in [2.75, 3.05) is 0 Å². The quantitative estimate of drug-likeness (QED) is 0.589. The fraction of sp³-hybridized carbons (Fsp3) is 0.273. The Morgan fingerprint density at radius 2 is 1.86 bits per heavy atom. The van der Waals surface area contributed by atoms with Gasteiger partial charge in [-0.05, 0) is 40.5 Å². The van der Waals surface area contributed by atoms with Crippen LogP contribution < -0.4 is 4.72 Å². The summed E-state index contributed by atoms with van der Waals surface area (Å²) < 4.78 is 27.1. The van der Waals surface area contributed by atoms with Crippen LogP contribution in [0.2, 0.25) is 0 Å². The molecule has 0 aliphatic rings. The van der Waals surface area contributed by atoms with Crippen LogP contribution in [0.15, 0.2) is 32.0 Å². The Labute approximate surface area is 137 Å². The Balaban J connectivity index is 3.03. The average Bonchev–Trinajstić information content (AvgIpc) is 2.36.